The minimum atomic E-state index is 0.679. The van der Waals surface area contributed by atoms with Gasteiger partial charge in [0.25, 0.3) is 0 Å². The van der Waals surface area contributed by atoms with Crippen LogP contribution >= 0.6 is 27.3 Å². The Morgan fingerprint density at radius 3 is 2.85 bits per heavy atom. The van der Waals surface area contributed by atoms with Crippen LogP contribution in [0, 0.1) is 13.8 Å². The standard InChI is InChI=1S/C14H13BrN4S/c1-8-9(2)20-13(19-8)6-16-14-11-5-10(15)3-4-12(11)17-7-18-14/h3-5,7H,6H2,1-2H3,(H,16,17,18). The van der Waals surface area contributed by atoms with Crippen molar-refractivity contribution in [3.05, 3.63) is 44.6 Å². The molecule has 6 heteroatoms. The van der Waals surface area contributed by atoms with Gasteiger partial charge in [0, 0.05) is 14.7 Å². The summed E-state index contributed by atoms with van der Waals surface area (Å²) in [4.78, 5) is 14.4. The lowest BCUT2D eigenvalue weighted by molar-refractivity contribution is 1.05. The maximum atomic E-state index is 4.53. The Kier molecular flexibility index (Phi) is 3.67. The molecule has 0 unspecified atom stereocenters. The van der Waals surface area contributed by atoms with Crippen LogP contribution in [0.15, 0.2) is 29.0 Å². The Hall–Kier alpha value is -1.53. The van der Waals surface area contributed by atoms with Gasteiger partial charge in [0.2, 0.25) is 0 Å². The zero-order valence-electron chi connectivity index (χ0n) is 11.1. The number of fused-ring (bicyclic) bond motifs is 1. The van der Waals surface area contributed by atoms with Gasteiger partial charge < -0.3 is 5.32 Å². The van der Waals surface area contributed by atoms with Crippen molar-refractivity contribution < 1.29 is 0 Å². The Bertz CT molecular complexity index is 749. The molecule has 4 nitrogen and oxygen atoms in total. The Labute approximate surface area is 129 Å². The van der Waals surface area contributed by atoms with E-state index in [1.54, 1.807) is 17.7 Å². The van der Waals surface area contributed by atoms with Crippen molar-refractivity contribution in [3.63, 3.8) is 0 Å². The third-order valence-electron chi connectivity index (χ3n) is 3.08. The van der Waals surface area contributed by atoms with Gasteiger partial charge in [0.15, 0.2) is 0 Å². The van der Waals surface area contributed by atoms with E-state index in [4.69, 9.17) is 0 Å². The van der Waals surface area contributed by atoms with Gasteiger partial charge in [0.1, 0.15) is 17.2 Å². The van der Waals surface area contributed by atoms with E-state index in [0.717, 1.165) is 31.9 Å². The van der Waals surface area contributed by atoms with Crippen LogP contribution in [0.5, 0.6) is 0 Å². The van der Waals surface area contributed by atoms with Gasteiger partial charge in [-0.1, -0.05) is 15.9 Å². The predicted octanol–water partition coefficient (Wildman–Crippen LogP) is 4.08. The number of aromatic nitrogens is 3. The number of nitrogens with zero attached hydrogens (tertiary/aromatic N) is 3. The van der Waals surface area contributed by atoms with Gasteiger partial charge in [0.05, 0.1) is 17.8 Å². The number of hydrogen-bond donors (Lipinski definition) is 1. The van der Waals surface area contributed by atoms with Crippen LogP contribution in [0.4, 0.5) is 5.82 Å². The zero-order valence-corrected chi connectivity index (χ0v) is 13.5. The molecule has 2 heterocycles. The number of hydrogen-bond acceptors (Lipinski definition) is 5. The second-order valence-corrected chi connectivity index (χ2v) is 6.69. The van der Waals surface area contributed by atoms with E-state index < -0.39 is 0 Å². The largest absolute Gasteiger partial charge is 0.363 e. The molecule has 0 fully saturated rings. The number of halogens is 1. The summed E-state index contributed by atoms with van der Waals surface area (Å²) in [5.74, 6) is 0.835. The number of anilines is 1. The molecule has 0 aliphatic rings. The van der Waals surface area contributed by atoms with Crippen LogP contribution in [0.1, 0.15) is 15.6 Å². The van der Waals surface area contributed by atoms with Crippen LogP contribution in [-0.4, -0.2) is 15.0 Å². The van der Waals surface area contributed by atoms with Gasteiger partial charge in [-0.2, -0.15) is 0 Å². The maximum Gasteiger partial charge on any atom is 0.137 e. The Balaban J connectivity index is 1.89. The average molecular weight is 349 g/mol. The van der Waals surface area contributed by atoms with Crippen molar-refractivity contribution in [2.45, 2.75) is 20.4 Å². The molecule has 0 bridgehead atoms. The van der Waals surface area contributed by atoms with E-state index in [-0.39, 0.29) is 0 Å². The number of aryl methyl sites for hydroxylation is 2. The fourth-order valence-electron chi connectivity index (χ4n) is 1.94. The molecule has 1 aromatic carbocycles. The van der Waals surface area contributed by atoms with Gasteiger partial charge in [-0.05, 0) is 32.0 Å². The predicted molar refractivity (Wildman–Crippen MR) is 86.2 cm³/mol. The fraction of sp³-hybridized carbons (Fsp3) is 0.214. The van der Waals surface area contributed by atoms with Gasteiger partial charge in [-0.15, -0.1) is 11.3 Å². The fourth-order valence-corrected chi connectivity index (χ4v) is 3.18. The lowest BCUT2D eigenvalue weighted by Gasteiger charge is -2.07. The maximum absolute atomic E-state index is 4.53. The molecule has 0 spiro atoms. The first-order valence-electron chi connectivity index (χ1n) is 6.20. The lowest BCUT2D eigenvalue weighted by Crippen LogP contribution is -2.02. The first-order chi connectivity index (χ1) is 9.63. The second-order valence-electron chi connectivity index (χ2n) is 4.49. The van der Waals surface area contributed by atoms with Crippen LogP contribution in [0.25, 0.3) is 10.9 Å². The topological polar surface area (TPSA) is 50.7 Å². The van der Waals surface area contributed by atoms with Gasteiger partial charge in [-0.25, -0.2) is 15.0 Å². The smallest absolute Gasteiger partial charge is 0.137 e. The van der Waals surface area contributed by atoms with E-state index in [0.29, 0.717) is 6.54 Å². The third-order valence-corrected chi connectivity index (χ3v) is 4.64. The molecule has 0 aliphatic carbocycles. The summed E-state index contributed by atoms with van der Waals surface area (Å²) in [6.45, 7) is 4.80. The molecular formula is C14H13BrN4S. The molecule has 3 rings (SSSR count). The molecule has 0 atom stereocenters. The highest BCUT2D eigenvalue weighted by Gasteiger charge is 2.07. The molecule has 102 valence electrons. The highest BCUT2D eigenvalue weighted by Crippen LogP contribution is 2.24. The van der Waals surface area contributed by atoms with Crippen molar-refractivity contribution in [2.75, 3.05) is 5.32 Å². The molecule has 0 aliphatic heterocycles. The number of nitrogens with one attached hydrogen (secondary N) is 1. The molecule has 0 radical (unpaired) electrons. The molecule has 1 N–H and O–H groups in total. The average Bonchev–Trinajstić information content (AvgIpc) is 2.75. The molecule has 0 amide bonds. The number of benzene rings is 1. The minimum Gasteiger partial charge on any atom is -0.363 e. The van der Waals surface area contributed by atoms with Crippen molar-refractivity contribution in [1.82, 2.24) is 15.0 Å². The van der Waals surface area contributed by atoms with Crippen molar-refractivity contribution in [1.29, 1.82) is 0 Å². The molecule has 3 aromatic rings. The summed E-state index contributed by atoms with van der Waals surface area (Å²) in [6.07, 6.45) is 1.58. The van der Waals surface area contributed by atoms with E-state index in [2.05, 4.69) is 43.1 Å². The first-order valence-corrected chi connectivity index (χ1v) is 7.81. The molecule has 20 heavy (non-hydrogen) atoms. The summed E-state index contributed by atoms with van der Waals surface area (Å²) >= 11 is 5.20. The van der Waals surface area contributed by atoms with Crippen LogP contribution in [-0.2, 0) is 6.54 Å². The third kappa shape index (κ3) is 2.66. The molecule has 0 saturated heterocycles. The van der Waals surface area contributed by atoms with E-state index in [1.807, 2.05) is 25.1 Å². The summed E-state index contributed by atoms with van der Waals surface area (Å²) in [5.41, 5.74) is 2.03. The number of thiazole rings is 1. The summed E-state index contributed by atoms with van der Waals surface area (Å²) in [6, 6.07) is 5.98. The monoisotopic (exact) mass is 348 g/mol. The second kappa shape index (κ2) is 5.46. The first kappa shape index (κ1) is 13.5. The van der Waals surface area contributed by atoms with Crippen LogP contribution in [0.2, 0.25) is 0 Å². The van der Waals surface area contributed by atoms with E-state index >= 15 is 0 Å². The molecule has 2 aromatic heterocycles. The van der Waals surface area contributed by atoms with Crippen molar-refractivity contribution >= 4 is 44.0 Å². The van der Waals surface area contributed by atoms with Crippen molar-refractivity contribution in [2.24, 2.45) is 0 Å². The van der Waals surface area contributed by atoms with Crippen molar-refractivity contribution in [3.8, 4) is 0 Å². The summed E-state index contributed by atoms with van der Waals surface area (Å²) in [7, 11) is 0. The van der Waals surface area contributed by atoms with E-state index in [9.17, 15) is 0 Å². The van der Waals surface area contributed by atoms with Crippen LogP contribution < -0.4 is 5.32 Å². The Morgan fingerprint density at radius 1 is 1.25 bits per heavy atom. The lowest BCUT2D eigenvalue weighted by atomic mass is 10.2. The summed E-state index contributed by atoms with van der Waals surface area (Å²) < 4.78 is 1.02. The van der Waals surface area contributed by atoms with Crippen LogP contribution in [0.3, 0.4) is 0 Å². The normalized spacial score (nSPS) is 10.9. The van der Waals surface area contributed by atoms with Gasteiger partial charge >= 0.3 is 0 Å². The summed E-state index contributed by atoms with van der Waals surface area (Å²) in [5, 5.41) is 5.43. The minimum absolute atomic E-state index is 0.679. The zero-order chi connectivity index (χ0) is 14.1. The number of rotatable bonds is 3. The quantitative estimate of drug-likeness (QED) is 0.774. The van der Waals surface area contributed by atoms with E-state index in [1.165, 1.54) is 4.88 Å². The molecule has 0 saturated carbocycles. The SMILES string of the molecule is Cc1nc(CNc2ncnc3ccc(Br)cc23)sc1C. The highest BCUT2D eigenvalue weighted by atomic mass is 79.9. The Morgan fingerprint density at radius 2 is 2.10 bits per heavy atom. The highest BCUT2D eigenvalue weighted by molar-refractivity contribution is 9.10. The van der Waals surface area contributed by atoms with Gasteiger partial charge in [-0.3, -0.25) is 0 Å². The molecular weight excluding hydrogens is 336 g/mol.